The lowest BCUT2D eigenvalue weighted by Gasteiger charge is -2.27. The minimum Gasteiger partial charge on any atom is -0.351 e. The van der Waals surface area contributed by atoms with Crippen molar-refractivity contribution in [1.29, 1.82) is 0 Å². The van der Waals surface area contributed by atoms with Crippen LogP contribution in [0.4, 0.5) is 5.82 Å². The molecule has 0 N–H and O–H groups in total. The summed E-state index contributed by atoms with van der Waals surface area (Å²) in [6, 6.07) is 12.5. The molecule has 6 heteroatoms. The fraction of sp³-hybridized carbons (Fsp3) is 0.381. The van der Waals surface area contributed by atoms with Crippen molar-refractivity contribution in [3.8, 4) is 0 Å². The van der Waals surface area contributed by atoms with E-state index >= 15 is 0 Å². The molecule has 138 valence electrons. The van der Waals surface area contributed by atoms with Crippen LogP contribution in [0.2, 0.25) is 0 Å². The Hall–Kier alpha value is -2.34. The second-order valence-corrected chi connectivity index (χ2v) is 8.39. The minimum atomic E-state index is 0.0222. The number of hydrogen-bond donors (Lipinski definition) is 0. The molecule has 1 aromatic carbocycles. The van der Waals surface area contributed by atoms with Crippen LogP contribution in [-0.2, 0) is 18.7 Å². The number of thioether (sulfide) groups is 1. The Kier molecular flexibility index (Phi) is 4.36. The third-order valence-electron chi connectivity index (χ3n) is 5.59. The van der Waals surface area contributed by atoms with Crippen molar-refractivity contribution >= 4 is 28.4 Å². The standard InChI is InChI=1S/C21H22N4OS/c26-20-12-16-14-27-11-8-19(16)23-25(20)13-17-5-3-10-24(17)21-18-6-2-1-4-15(18)7-9-22-21/h1-2,4,6-7,9,12,17H,3,5,8,10-11,13-14H2. The molecular weight excluding hydrogens is 356 g/mol. The van der Waals surface area contributed by atoms with Gasteiger partial charge < -0.3 is 4.90 Å². The molecule has 2 aliphatic rings. The number of rotatable bonds is 3. The lowest BCUT2D eigenvalue weighted by Crippen LogP contribution is -2.38. The number of fused-ring (bicyclic) bond motifs is 2. The van der Waals surface area contributed by atoms with Crippen molar-refractivity contribution in [3.05, 3.63) is 64.2 Å². The van der Waals surface area contributed by atoms with Crippen molar-refractivity contribution in [2.24, 2.45) is 0 Å². The number of pyridine rings is 1. The Balaban J connectivity index is 1.48. The van der Waals surface area contributed by atoms with Gasteiger partial charge in [-0.05, 0) is 35.6 Å². The number of aromatic nitrogens is 3. The van der Waals surface area contributed by atoms with Gasteiger partial charge in [0.25, 0.3) is 5.56 Å². The molecule has 0 radical (unpaired) electrons. The summed E-state index contributed by atoms with van der Waals surface area (Å²) < 4.78 is 1.68. The molecule has 1 saturated heterocycles. The highest BCUT2D eigenvalue weighted by Gasteiger charge is 2.28. The molecule has 2 aromatic heterocycles. The maximum Gasteiger partial charge on any atom is 0.267 e. The van der Waals surface area contributed by atoms with Crippen LogP contribution in [0.5, 0.6) is 0 Å². The van der Waals surface area contributed by atoms with Gasteiger partial charge in [-0.3, -0.25) is 4.79 Å². The number of benzene rings is 1. The predicted octanol–water partition coefficient (Wildman–Crippen LogP) is 3.25. The molecule has 0 aliphatic carbocycles. The Morgan fingerprint density at radius 1 is 1.22 bits per heavy atom. The lowest BCUT2D eigenvalue weighted by molar-refractivity contribution is 0.480. The van der Waals surface area contributed by atoms with Gasteiger partial charge in [0.1, 0.15) is 5.82 Å². The summed E-state index contributed by atoms with van der Waals surface area (Å²) in [5.41, 5.74) is 2.24. The minimum absolute atomic E-state index is 0.0222. The second kappa shape index (κ2) is 7.00. The van der Waals surface area contributed by atoms with Crippen molar-refractivity contribution in [1.82, 2.24) is 14.8 Å². The maximum atomic E-state index is 12.6. The van der Waals surface area contributed by atoms with Crippen molar-refractivity contribution < 1.29 is 0 Å². The van der Waals surface area contributed by atoms with Gasteiger partial charge in [-0.1, -0.05) is 24.3 Å². The molecule has 0 amide bonds. The van der Waals surface area contributed by atoms with Crippen LogP contribution in [0.25, 0.3) is 10.8 Å². The van der Waals surface area contributed by atoms with Gasteiger partial charge in [-0.15, -0.1) is 0 Å². The normalized spacial score (nSPS) is 19.4. The zero-order chi connectivity index (χ0) is 18.2. The number of anilines is 1. The van der Waals surface area contributed by atoms with E-state index in [4.69, 9.17) is 5.10 Å². The highest BCUT2D eigenvalue weighted by atomic mass is 32.2. The Bertz CT molecular complexity index is 1040. The average Bonchev–Trinajstić information content (AvgIpc) is 3.16. The van der Waals surface area contributed by atoms with Crippen molar-refractivity contribution in [3.63, 3.8) is 0 Å². The van der Waals surface area contributed by atoms with E-state index in [1.807, 2.05) is 18.0 Å². The SMILES string of the molecule is O=c1cc2c(nn1CC1CCCN1c1nccc3ccccc13)CCSC2. The molecule has 0 saturated carbocycles. The van der Waals surface area contributed by atoms with E-state index in [1.165, 1.54) is 10.8 Å². The molecule has 5 nitrogen and oxygen atoms in total. The first-order valence-corrected chi connectivity index (χ1v) is 10.7. The maximum absolute atomic E-state index is 12.6. The number of aryl methyl sites for hydroxylation is 1. The van der Waals surface area contributed by atoms with Crippen LogP contribution in [0.15, 0.2) is 47.4 Å². The molecule has 27 heavy (non-hydrogen) atoms. The van der Waals surface area contributed by atoms with Crippen LogP contribution < -0.4 is 10.5 Å². The van der Waals surface area contributed by atoms with E-state index in [0.29, 0.717) is 6.54 Å². The van der Waals surface area contributed by atoms with Crippen molar-refractivity contribution in [2.45, 2.75) is 37.6 Å². The van der Waals surface area contributed by atoms with Gasteiger partial charge in [0.05, 0.1) is 18.3 Å². The van der Waals surface area contributed by atoms with E-state index in [9.17, 15) is 4.79 Å². The van der Waals surface area contributed by atoms with Gasteiger partial charge in [0.15, 0.2) is 0 Å². The predicted molar refractivity (Wildman–Crippen MR) is 110 cm³/mol. The van der Waals surface area contributed by atoms with E-state index in [2.05, 4.69) is 40.2 Å². The molecule has 1 fully saturated rings. The third kappa shape index (κ3) is 3.12. The van der Waals surface area contributed by atoms with Gasteiger partial charge in [0, 0.05) is 36.4 Å². The fourth-order valence-corrected chi connectivity index (χ4v) is 5.17. The molecule has 2 aliphatic heterocycles. The summed E-state index contributed by atoms with van der Waals surface area (Å²) in [4.78, 5) is 19.6. The Morgan fingerprint density at radius 2 is 2.15 bits per heavy atom. The Morgan fingerprint density at radius 3 is 3.11 bits per heavy atom. The molecular formula is C21H22N4OS. The van der Waals surface area contributed by atoms with E-state index < -0.39 is 0 Å². The molecule has 1 unspecified atom stereocenters. The highest BCUT2D eigenvalue weighted by Crippen LogP contribution is 2.30. The molecule has 3 aromatic rings. The van der Waals surface area contributed by atoms with Gasteiger partial charge in [0.2, 0.25) is 0 Å². The van der Waals surface area contributed by atoms with E-state index in [0.717, 1.165) is 54.4 Å². The lowest BCUT2D eigenvalue weighted by atomic mass is 10.1. The first-order chi connectivity index (χ1) is 13.3. The second-order valence-electron chi connectivity index (χ2n) is 7.28. The summed E-state index contributed by atoms with van der Waals surface area (Å²) in [5, 5.41) is 7.09. The monoisotopic (exact) mass is 378 g/mol. The molecule has 5 rings (SSSR count). The van der Waals surface area contributed by atoms with Gasteiger partial charge in [-0.2, -0.15) is 16.9 Å². The summed E-state index contributed by atoms with van der Waals surface area (Å²) >= 11 is 1.88. The van der Waals surface area contributed by atoms with Crippen LogP contribution in [0.1, 0.15) is 24.1 Å². The fourth-order valence-electron chi connectivity index (χ4n) is 4.22. The largest absolute Gasteiger partial charge is 0.351 e. The zero-order valence-corrected chi connectivity index (χ0v) is 16.0. The van der Waals surface area contributed by atoms with E-state index in [1.54, 1.807) is 10.7 Å². The highest BCUT2D eigenvalue weighted by molar-refractivity contribution is 7.98. The molecule has 4 heterocycles. The summed E-state index contributed by atoms with van der Waals surface area (Å²) in [7, 11) is 0. The zero-order valence-electron chi connectivity index (χ0n) is 15.2. The summed E-state index contributed by atoms with van der Waals surface area (Å²) in [6.45, 7) is 1.60. The quantitative estimate of drug-likeness (QED) is 0.700. The van der Waals surface area contributed by atoms with Crippen LogP contribution in [0.3, 0.4) is 0 Å². The molecule has 1 atom stereocenters. The number of nitrogens with zero attached hydrogens (tertiary/aromatic N) is 4. The molecule has 0 bridgehead atoms. The van der Waals surface area contributed by atoms with Crippen LogP contribution >= 0.6 is 11.8 Å². The van der Waals surface area contributed by atoms with Crippen LogP contribution in [-0.4, -0.2) is 33.1 Å². The summed E-state index contributed by atoms with van der Waals surface area (Å²) in [5.74, 6) is 3.03. The van der Waals surface area contributed by atoms with Gasteiger partial charge >= 0.3 is 0 Å². The van der Waals surface area contributed by atoms with Crippen LogP contribution in [0, 0.1) is 0 Å². The van der Waals surface area contributed by atoms with Gasteiger partial charge in [-0.25, -0.2) is 9.67 Å². The summed E-state index contributed by atoms with van der Waals surface area (Å²) in [6.07, 6.45) is 5.02. The van der Waals surface area contributed by atoms with E-state index in [-0.39, 0.29) is 11.6 Å². The third-order valence-corrected chi connectivity index (χ3v) is 6.60. The number of hydrogen-bond acceptors (Lipinski definition) is 5. The smallest absolute Gasteiger partial charge is 0.267 e. The molecule has 0 spiro atoms. The van der Waals surface area contributed by atoms with Crippen molar-refractivity contribution in [2.75, 3.05) is 17.2 Å². The average molecular weight is 379 g/mol. The topological polar surface area (TPSA) is 51.0 Å². The first-order valence-electron chi connectivity index (χ1n) is 9.58. The first kappa shape index (κ1) is 16.8. The Labute approximate surface area is 162 Å².